The predicted octanol–water partition coefficient (Wildman–Crippen LogP) is 5.71. The summed E-state index contributed by atoms with van der Waals surface area (Å²) in [4.78, 5) is 11.5. The van der Waals surface area contributed by atoms with Gasteiger partial charge in [0.15, 0.2) is 0 Å². The molecule has 0 fully saturated rings. The van der Waals surface area contributed by atoms with Crippen molar-refractivity contribution < 1.29 is 23.7 Å². The van der Waals surface area contributed by atoms with E-state index >= 15 is 0 Å². The van der Waals surface area contributed by atoms with Gasteiger partial charge in [-0.3, -0.25) is 0 Å². The summed E-state index contributed by atoms with van der Waals surface area (Å²) in [6.07, 6.45) is 9.50. The summed E-state index contributed by atoms with van der Waals surface area (Å²) in [6.45, 7) is 11.6. The fourth-order valence-electron chi connectivity index (χ4n) is 5.23. The summed E-state index contributed by atoms with van der Waals surface area (Å²) in [5, 5.41) is 3.60. The molecule has 1 aromatic carbocycles. The Bertz CT molecular complexity index is 823. The molecule has 0 spiro atoms. The summed E-state index contributed by atoms with van der Waals surface area (Å²) in [6, 6.07) is 6.17. The molecule has 1 aliphatic carbocycles. The number of hydrogen-bond donors (Lipinski definition) is 1. The van der Waals surface area contributed by atoms with Crippen LogP contribution < -0.4 is 14.8 Å². The number of aryl methyl sites for hydroxylation is 1. The van der Waals surface area contributed by atoms with Crippen molar-refractivity contribution in [1.82, 2.24) is 5.32 Å². The van der Waals surface area contributed by atoms with Crippen LogP contribution in [0, 0.1) is 17.3 Å². The van der Waals surface area contributed by atoms with Gasteiger partial charge in [0.1, 0.15) is 29.3 Å². The lowest BCUT2D eigenvalue weighted by atomic mass is 9.61. The molecule has 0 bridgehead atoms. The van der Waals surface area contributed by atoms with E-state index in [2.05, 4.69) is 37.4 Å². The van der Waals surface area contributed by atoms with Crippen molar-refractivity contribution in [1.29, 1.82) is 0 Å². The van der Waals surface area contributed by atoms with Crippen molar-refractivity contribution in [2.75, 3.05) is 40.5 Å². The number of nitrogens with one attached hydrogen (secondary N) is 1. The van der Waals surface area contributed by atoms with Gasteiger partial charge in [-0.05, 0) is 82.3 Å². The topological polar surface area (TPSA) is 66.0 Å². The number of hydrogen-bond acceptors (Lipinski definition) is 6. The summed E-state index contributed by atoms with van der Waals surface area (Å²) in [5.74, 6) is 3.80. The van der Waals surface area contributed by atoms with Crippen LogP contribution in [0.25, 0.3) is 0 Å². The largest absolute Gasteiger partial charge is 0.500 e. The van der Waals surface area contributed by atoms with Crippen LogP contribution in [-0.2, 0) is 20.7 Å². The normalized spacial score (nSPS) is 19.7. The number of carbonyl (C=O) groups is 1. The Labute approximate surface area is 212 Å². The first-order chi connectivity index (χ1) is 16.9. The monoisotopic (exact) mass is 487 g/mol. The number of allylic oxidation sites excluding steroid dienone is 3. The maximum absolute atomic E-state index is 11.5. The van der Waals surface area contributed by atoms with Gasteiger partial charge in [-0.25, -0.2) is 0 Å². The lowest BCUT2D eigenvalue weighted by Gasteiger charge is -2.45. The van der Waals surface area contributed by atoms with Crippen LogP contribution in [0.15, 0.2) is 41.9 Å². The lowest BCUT2D eigenvalue weighted by Crippen LogP contribution is -2.40. The van der Waals surface area contributed by atoms with E-state index in [1.54, 1.807) is 14.2 Å². The van der Waals surface area contributed by atoms with E-state index in [0.29, 0.717) is 25.6 Å². The quantitative estimate of drug-likeness (QED) is 0.224. The van der Waals surface area contributed by atoms with Gasteiger partial charge >= 0.3 is 0 Å². The van der Waals surface area contributed by atoms with Crippen LogP contribution in [0.4, 0.5) is 0 Å². The molecule has 6 heteroatoms. The fraction of sp³-hybridized carbons (Fsp3) is 0.621. The molecule has 1 N–H and O–H groups in total. The summed E-state index contributed by atoms with van der Waals surface area (Å²) in [7, 11) is 3.37. The lowest BCUT2D eigenvalue weighted by molar-refractivity contribution is -0.109. The standard InChI is InChI=1S/C29H45NO5/c1-7-34-26-17-23(18-27(20-26)35-8-2)11-9-14-30-15-10-13-29(22(3)4)24(12-16-31)19-25(32-5)21-28(29)33-6/h16-22,24,30H,7-15H2,1-6H3. The van der Waals surface area contributed by atoms with Crippen molar-refractivity contribution in [3.05, 3.63) is 47.4 Å². The molecular formula is C29H45NO5. The zero-order valence-corrected chi connectivity index (χ0v) is 22.5. The third kappa shape index (κ3) is 7.76. The van der Waals surface area contributed by atoms with E-state index in [-0.39, 0.29) is 11.3 Å². The van der Waals surface area contributed by atoms with Gasteiger partial charge < -0.3 is 29.1 Å². The molecule has 1 aliphatic rings. The Morgan fingerprint density at radius 2 is 1.66 bits per heavy atom. The smallest absolute Gasteiger partial charge is 0.123 e. The summed E-state index contributed by atoms with van der Waals surface area (Å²) < 4.78 is 22.7. The van der Waals surface area contributed by atoms with Gasteiger partial charge in [-0.1, -0.05) is 13.8 Å². The van der Waals surface area contributed by atoms with Crippen molar-refractivity contribution in [3.8, 4) is 11.5 Å². The van der Waals surface area contributed by atoms with E-state index < -0.39 is 0 Å². The molecule has 0 amide bonds. The molecule has 2 rings (SSSR count). The second-order valence-electron chi connectivity index (χ2n) is 9.33. The Balaban J connectivity index is 1.91. The van der Waals surface area contributed by atoms with Gasteiger partial charge in [-0.2, -0.15) is 0 Å². The highest BCUT2D eigenvalue weighted by Crippen LogP contribution is 2.51. The molecule has 2 atom stereocenters. The van der Waals surface area contributed by atoms with E-state index in [4.69, 9.17) is 18.9 Å². The molecule has 35 heavy (non-hydrogen) atoms. The molecule has 0 radical (unpaired) electrons. The highest BCUT2D eigenvalue weighted by molar-refractivity contribution is 5.52. The number of benzene rings is 1. The second kappa shape index (κ2) is 14.8. The molecule has 0 saturated carbocycles. The van der Waals surface area contributed by atoms with Crippen LogP contribution in [0.3, 0.4) is 0 Å². The van der Waals surface area contributed by atoms with Gasteiger partial charge in [0.25, 0.3) is 0 Å². The molecular weight excluding hydrogens is 442 g/mol. The predicted molar refractivity (Wildman–Crippen MR) is 141 cm³/mol. The van der Waals surface area contributed by atoms with Crippen LogP contribution in [0.5, 0.6) is 11.5 Å². The Hall–Kier alpha value is -2.47. The SMILES string of the molecule is CCOc1cc(CCCNCCCC2(C(C)C)C(OC)=CC(OC)=CC2CC=O)cc(OCC)c1. The molecule has 0 aromatic heterocycles. The number of carbonyl (C=O) groups excluding carboxylic acids is 1. The van der Waals surface area contributed by atoms with E-state index in [1.165, 1.54) is 5.56 Å². The Morgan fingerprint density at radius 3 is 2.20 bits per heavy atom. The summed E-state index contributed by atoms with van der Waals surface area (Å²) in [5.41, 5.74) is 1.02. The first kappa shape index (κ1) is 28.8. The number of ether oxygens (including phenoxy) is 4. The second-order valence-corrected chi connectivity index (χ2v) is 9.33. The van der Waals surface area contributed by atoms with Crippen LogP contribution in [0.1, 0.15) is 58.9 Å². The molecule has 196 valence electrons. The van der Waals surface area contributed by atoms with Gasteiger partial charge in [0.05, 0.1) is 27.4 Å². The van der Waals surface area contributed by atoms with Crippen molar-refractivity contribution >= 4 is 6.29 Å². The minimum Gasteiger partial charge on any atom is -0.500 e. The maximum Gasteiger partial charge on any atom is 0.123 e. The zero-order valence-electron chi connectivity index (χ0n) is 22.5. The van der Waals surface area contributed by atoms with Gasteiger partial charge in [0, 0.05) is 29.9 Å². The minimum absolute atomic E-state index is 0.0621. The highest BCUT2D eigenvalue weighted by atomic mass is 16.5. The number of rotatable bonds is 17. The minimum atomic E-state index is -0.214. The Kier molecular flexibility index (Phi) is 12.2. The highest BCUT2D eigenvalue weighted by Gasteiger charge is 2.46. The number of aldehydes is 1. The maximum atomic E-state index is 11.5. The van der Waals surface area contributed by atoms with Gasteiger partial charge in [0.2, 0.25) is 0 Å². The van der Waals surface area contributed by atoms with E-state index in [0.717, 1.165) is 68.1 Å². The molecule has 0 heterocycles. The molecule has 0 aliphatic heterocycles. The van der Waals surface area contributed by atoms with Crippen molar-refractivity contribution in [2.24, 2.45) is 17.3 Å². The first-order valence-electron chi connectivity index (χ1n) is 13.0. The summed E-state index contributed by atoms with van der Waals surface area (Å²) >= 11 is 0. The molecule has 2 unspecified atom stereocenters. The molecule has 0 saturated heterocycles. The van der Waals surface area contributed by atoms with Crippen LogP contribution in [-0.4, -0.2) is 46.8 Å². The fourth-order valence-corrected chi connectivity index (χ4v) is 5.23. The molecule has 1 aromatic rings. The third-order valence-electron chi connectivity index (χ3n) is 6.92. The van der Waals surface area contributed by atoms with Crippen LogP contribution in [0.2, 0.25) is 0 Å². The Morgan fingerprint density at radius 1 is 1.00 bits per heavy atom. The van der Waals surface area contributed by atoms with Crippen LogP contribution >= 0.6 is 0 Å². The third-order valence-corrected chi connectivity index (χ3v) is 6.92. The van der Waals surface area contributed by atoms with Crippen molar-refractivity contribution in [3.63, 3.8) is 0 Å². The average Bonchev–Trinajstić information content (AvgIpc) is 2.84. The average molecular weight is 488 g/mol. The van der Waals surface area contributed by atoms with E-state index in [9.17, 15) is 4.79 Å². The first-order valence-corrected chi connectivity index (χ1v) is 13.0. The van der Waals surface area contributed by atoms with E-state index in [1.807, 2.05) is 26.0 Å². The number of methoxy groups -OCH3 is 2. The van der Waals surface area contributed by atoms with Crippen molar-refractivity contribution in [2.45, 2.75) is 59.8 Å². The zero-order chi connectivity index (χ0) is 25.7. The molecule has 6 nitrogen and oxygen atoms in total. The van der Waals surface area contributed by atoms with Gasteiger partial charge in [-0.15, -0.1) is 0 Å².